The second-order valence-electron chi connectivity index (χ2n) is 7.97. The third kappa shape index (κ3) is 4.75. The Hall–Kier alpha value is -3.66. The van der Waals surface area contributed by atoms with Gasteiger partial charge in [0.25, 0.3) is 0 Å². The molecule has 0 fully saturated rings. The molecule has 2 aromatic heterocycles. The minimum absolute atomic E-state index is 0.254. The minimum Gasteiger partial charge on any atom is -0.406 e. The first-order valence-electron chi connectivity index (χ1n) is 10.3. The van der Waals surface area contributed by atoms with Crippen LogP contribution in [0.5, 0.6) is 5.75 Å². The normalized spacial score (nSPS) is 16.5. The number of alkyl halides is 3. The molecule has 10 heteroatoms. The molecule has 0 amide bonds. The Morgan fingerprint density at radius 2 is 2.03 bits per heavy atom. The molecule has 0 saturated heterocycles. The van der Waals surface area contributed by atoms with Crippen molar-refractivity contribution < 1.29 is 22.4 Å². The van der Waals surface area contributed by atoms with Crippen molar-refractivity contribution in [1.82, 2.24) is 25.0 Å². The van der Waals surface area contributed by atoms with Crippen molar-refractivity contribution in [3.63, 3.8) is 0 Å². The lowest BCUT2D eigenvalue weighted by Gasteiger charge is -2.32. The number of aromatic amines is 1. The maximum atomic E-state index is 12.6. The molecule has 5 rings (SSSR count). The van der Waals surface area contributed by atoms with Crippen LogP contribution in [-0.4, -0.2) is 31.4 Å². The van der Waals surface area contributed by atoms with Crippen LogP contribution in [0.3, 0.4) is 0 Å². The molecule has 1 aliphatic heterocycles. The molecule has 0 aliphatic carbocycles. The largest absolute Gasteiger partial charge is 0.573 e. The van der Waals surface area contributed by atoms with Crippen molar-refractivity contribution in [1.29, 1.82) is 0 Å². The monoisotopic (exact) mass is 455 g/mol. The highest BCUT2D eigenvalue weighted by Gasteiger charge is 2.34. The van der Waals surface area contributed by atoms with Crippen LogP contribution in [0.15, 0.2) is 59.4 Å². The van der Waals surface area contributed by atoms with Crippen LogP contribution in [0.1, 0.15) is 34.4 Å². The Kier molecular flexibility index (Phi) is 5.37. The van der Waals surface area contributed by atoms with Gasteiger partial charge in [0.1, 0.15) is 5.75 Å². The van der Waals surface area contributed by atoms with Crippen LogP contribution in [-0.2, 0) is 19.5 Å². The molecule has 3 heterocycles. The number of halogens is 3. The highest BCUT2D eigenvalue weighted by atomic mass is 19.4. The van der Waals surface area contributed by atoms with E-state index in [0.717, 1.165) is 22.5 Å². The molecule has 1 atom stereocenters. The fraction of sp³-hybridized carbons (Fsp3) is 0.261. The molecule has 2 aromatic carbocycles. The number of nitrogens with zero attached hydrogens (tertiary/aromatic N) is 4. The number of hydrogen-bond donors (Lipinski definition) is 1. The molecule has 0 radical (unpaired) electrons. The Morgan fingerprint density at radius 3 is 2.85 bits per heavy atom. The van der Waals surface area contributed by atoms with Crippen molar-refractivity contribution in [3.05, 3.63) is 83.3 Å². The fourth-order valence-electron chi connectivity index (χ4n) is 4.04. The summed E-state index contributed by atoms with van der Waals surface area (Å²) in [6, 6.07) is 13.5. The van der Waals surface area contributed by atoms with E-state index in [1.165, 1.54) is 12.1 Å². The number of ether oxygens (including phenoxy) is 1. The Labute approximate surface area is 187 Å². The predicted molar refractivity (Wildman–Crippen MR) is 112 cm³/mol. The van der Waals surface area contributed by atoms with Crippen molar-refractivity contribution in [2.75, 3.05) is 0 Å². The zero-order chi connectivity index (χ0) is 23.0. The SMILES string of the molecule is Cc1cccc(-c2noc([C@@H]3Cc4nc[nH]c4CN3Cc3cccc(OC(F)(F)F)c3)n2)c1. The van der Waals surface area contributed by atoms with E-state index in [4.69, 9.17) is 4.52 Å². The predicted octanol–water partition coefficient (Wildman–Crippen LogP) is 4.97. The number of H-pyrrole nitrogens is 1. The zero-order valence-electron chi connectivity index (χ0n) is 17.6. The smallest absolute Gasteiger partial charge is 0.406 e. The van der Waals surface area contributed by atoms with Gasteiger partial charge in [-0.05, 0) is 30.7 Å². The van der Waals surface area contributed by atoms with Gasteiger partial charge < -0.3 is 14.2 Å². The van der Waals surface area contributed by atoms with Crippen LogP contribution in [0, 0.1) is 6.92 Å². The van der Waals surface area contributed by atoms with E-state index in [1.807, 2.05) is 31.2 Å². The molecular weight excluding hydrogens is 435 g/mol. The summed E-state index contributed by atoms with van der Waals surface area (Å²) in [5.41, 5.74) is 4.46. The first-order valence-corrected chi connectivity index (χ1v) is 10.3. The van der Waals surface area contributed by atoms with E-state index >= 15 is 0 Å². The number of benzene rings is 2. The van der Waals surface area contributed by atoms with Gasteiger partial charge in [0.2, 0.25) is 11.7 Å². The summed E-state index contributed by atoms with van der Waals surface area (Å²) in [6.07, 6.45) is -2.57. The molecule has 170 valence electrons. The Balaban J connectivity index is 1.43. The summed E-state index contributed by atoms with van der Waals surface area (Å²) < 4.78 is 47.6. The van der Waals surface area contributed by atoms with Gasteiger partial charge in [-0.3, -0.25) is 4.90 Å². The molecule has 33 heavy (non-hydrogen) atoms. The fourth-order valence-corrected chi connectivity index (χ4v) is 4.04. The Bertz CT molecular complexity index is 1270. The number of aromatic nitrogens is 4. The minimum atomic E-state index is -4.74. The van der Waals surface area contributed by atoms with Crippen molar-refractivity contribution in [2.45, 2.75) is 38.8 Å². The van der Waals surface area contributed by atoms with E-state index in [0.29, 0.717) is 36.8 Å². The van der Waals surface area contributed by atoms with Crippen molar-refractivity contribution in [3.8, 4) is 17.1 Å². The number of nitrogens with one attached hydrogen (secondary N) is 1. The number of fused-ring (bicyclic) bond motifs is 1. The van der Waals surface area contributed by atoms with Gasteiger partial charge in [-0.1, -0.05) is 41.1 Å². The van der Waals surface area contributed by atoms with Gasteiger partial charge in [-0.25, -0.2) is 4.98 Å². The van der Waals surface area contributed by atoms with Crippen LogP contribution < -0.4 is 4.74 Å². The third-order valence-corrected chi connectivity index (χ3v) is 5.52. The van der Waals surface area contributed by atoms with Gasteiger partial charge in [0.15, 0.2) is 0 Å². The van der Waals surface area contributed by atoms with E-state index in [9.17, 15) is 13.2 Å². The number of rotatable bonds is 5. The first kappa shape index (κ1) is 21.2. The van der Waals surface area contributed by atoms with Gasteiger partial charge >= 0.3 is 6.36 Å². The summed E-state index contributed by atoms with van der Waals surface area (Å²) in [5.74, 6) is 0.667. The second kappa shape index (κ2) is 8.36. The highest BCUT2D eigenvalue weighted by molar-refractivity contribution is 5.55. The van der Waals surface area contributed by atoms with Gasteiger partial charge in [-0.15, -0.1) is 13.2 Å². The molecule has 4 aromatic rings. The lowest BCUT2D eigenvalue weighted by molar-refractivity contribution is -0.274. The first-order chi connectivity index (χ1) is 15.8. The summed E-state index contributed by atoms with van der Waals surface area (Å²) >= 11 is 0. The number of hydrogen-bond acceptors (Lipinski definition) is 6. The van der Waals surface area contributed by atoms with Crippen molar-refractivity contribution >= 4 is 0 Å². The van der Waals surface area contributed by atoms with Crippen LogP contribution in [0.25, 0.3) is 11.4 Å². The summed E-state index contributed by atoms with van der Waals surface area (Å²) in [6.45, 7) is 2.86. The molecule has 1 aliphatic rings. The summed E-state index contributed by atoms with van der Waals surface area (Å²) in [5, 5.41) is 4.16. The third-order valence-electron chi connectivity index (χ3n) is 5.52. The van der Waals surface area contributed by atoms with E-state index in [1.54, 1.807) is 18.5 Å². The average Bonchev–Trinajstić information content (AvgIpc) is 3.41. The summed E-state index contributed by atoms with van der Waals surface area (Å²) in [7, 11) is 0. The van der Waals surface area contributed by atoms with Gasteiger partial charge in [-0.2, -0.15) is 4.98 Å². The van der Waals surface area contributed by atoms with Gasteiger partial charge in [0.05, 0.1) is 23.8 Å². The average molecular weight is 455 g/mol. The van der Waals surface area contributed by atoms with Crippen LogP contribution in [0.4, 0.5) is 13.2 Å². The molecule has 0 spiro atoms. The maximum Gasteiger partial charge on any atom is 0.573 e. The Morgan fingerprint density at radius 1 is 1.18 bits per heavy atom. The standard InChI is InChI=1S/C23H20F3N5O2/c1-14-4-2-6-16(8-14)21-29-22(33-30-21)20-10-18-19(28-13-27-18)12-31(20)11-15-5-3-7-17(9-15)32-23(24,25)26/h2-9,13,20H,10-12H2,1H3,(H,27,28)/t20-/m0/s1. The molecule has 1 N–H and O–H groups in total. The number of aryl methyl sites for hydroxylation is 1. The molecule has 0 unspecified atom stereocenters. The van der Waals surface area contributed by atoms with E-state index < -0.39 is 6.36 Å². The molecule has 0 saturated carbocycles. The highest BCUT2D eigenvalue weighted by Crippen LogP contribution is 2.34. The van der Waals surface area contributed by atoms with E-state index in [-0.39, 0.29) is 11.8 Å². The number of imidazole rings is 1. The topological polar surface area (TPSA) is 80.1 Å². The summed E-state index contributed by atoms with van der Waals surface area (Å²) in [4.78, 5) is 14.2. The van der Waals surface area contributed by atoms with Crippen LogP contribution in [0.2, 0.25) is 0 Å². The van der Waals surface area contributed by atoms with Crippen LogP contribution >= 0.6 is 0 Å². The second-order valence-corrected chi connectivity index (χ2v) is 7.97. The van der Waals surface area contributed by atoms with Crippen molar-refractivity contribution in [2.24, 2.45) is 0 Å². The quantitative estimate of drug-likeness (QED) is 0.458. The zero-order valence-corrected chi connectivity index (χ0v) is 17.6. The lowest BCUT2D eigenvalue weighted by Crippen LogP contribution is -2.34. The molecule has 7 nitrogen and oxygen atoms in total. The maximum absolute atomic E-state index is 12.6. The lowest BCUT2D eigenvalue weighted by atomic mass is 10.0. The van der Waals surface area contributed by atoms with Gasteiger partial charge in [0, 0.05) is 25.1 Å². The molecule has 0 bridgehead atoms. The van der Waals surface area contributed by atoms with E-state index in [2.05, 4.69) is 29.7 Å². The molecular formula is C23H20F3N5O2.